The zero-order chi connectivity index (χ0) is 25.7. The van der Waals surface area contributed by atoms with Crippen molar-refractivity contribution in [2.45, 2.75) is 57.4 Å². The van der Waals surface area contributed by atoms with Gasteiger partial charge in [0.25, 0.3) is 0 Å². The summed E-state index contributed by atoms with van der Waals surface area (Å²) in [6, 6.07) is 1.43. The third-order valence-corrected chi connectivity index (χ3v) is 6.60. The Kier molecular flexibility index (Phi) is 17.1. The average molecular weight is 505 g/mol. The summed E-state index contributed by atoms with van der Waals surface area (Å²) in [4.78, 5) is 9.33. The minimum atomic E-state index is 0.237. The fourth-order valence-corrected chi connectivity index (χ4v) is 4.10. The molecule has 8 N–H and O–H groups in total. The maximum atomic E-state index is 4.68. The van der Waals surface area contributed by atoms with Crippen LogP contribution in [0.25, 0.3) is 0 Å². The van der Waals surface area contributed by atoms with Crippen LogP contribution < -0.4 is 42.5 Å². The summed E-state index contributed by atoms with van der Waals surface area (Å²) in [5.41, 5.74) is 0. The van der Waals surface area contributed by atoms with E-state index >= 15 is 0 Å². The Morgan fingerprint density at radius 3 is 2.08 bits per heavy atom. The lowest BCUT2D eigenvalue weighted by Gasteiger charge is -2.30. The number of hydrogen-bond donors (Lipinski definition) is 8. The van der Waals surface area contributed by atoms with Crippen LogP contribution in [0.1, 0.15) is 27.2 Å². The first kappa shape index (κ1) is 30.4. The van der Waals surface area contributed by atoms with Crippen LogP contribution in [0.15, 0.2) is 34.5 Å². The van der Waals surface area contributed by atoms with Gasteiger partial charge in [0.15, 0.2) is 0 Å². The normalized spacial score (nSPS) is 34.9. The van der Waals surface area contributed by atoms with Crippen molar-refractivity contribution in [3.05, 3.63) is 24.6 Å². The molecule has 2 aliphatic heterocycles. The minimum Gasteiger partial charge on any atom is -0.390 e. The molecule has 2 aliphatic rings. The summed E-state index contributed by atoms with van der Waals surface area (Å²) in [6.07, 6.45) is 12.7. The third kappa shape index (κ3) is 14.7. The zero-order valence-corrected chi connectivity index (χ0v) is 22.7. The lowest BCUT2D eigenvalue weighted by molar-refractivity contribution is 0.343. The highest BCUT2D eigenvalue weighted by molar-refractivity contribution is 5.71. The molecule has 1 unspecified atom stereocenters. The number of hydrogen-bond acceptors (Lipinski definition) is 10. The molecule has 0 aliphatic carbocycles. The van der Waals surface area contributed by atoms with E-state index in [1.807, 2.05) is 37.0 Å². The van der Waals surface area contributed by atoms with Gasteiger partial charge in [-0.05, 0) is 51.7 Å². The Morgan fingerprint density at radius 1 is 0.667 bits per heavy atom. The molecule has 10 heteroatoms. The molecule has 0 aromatic heterocycles. The number of nitrogens with one attached hydrogen (secondary N) is 8. The van der Waals surface area contributed by atoms with Gasteiger partial charge in [-0.2, -0.15) is 0 Å². The molecular formula is C26H52N10. The van der Waals surface area contributed by atoms with E-state index in [1.165, 1.54) is 0 Å². The molecule has 2 rings (SSSR count). The minimum absolute atomic E-state index is 0.237. The van der Waals surface area contributed by atoms with Gasteiger partial charge in [0, 0.05) is 102 Å². The Morgan fingerprint density at radius 2 is 1.31 bits per heavy atom. The summed E-state index contributed by atoms with van der Waals surface area (Å²) in [5, 5.41) is 28.4. The van der Waals surface area contributed by atoms with Crippen molar-refractivity contribution in [1.29, 1.82) is 0 Å². The molecule has 36 heavy (non-hydrogen) atoms. The molecule has 5 atom stereocenters. The molecule has 0 spiro atoms. The third-order valence-electron chi connectivity index (χ3n) is 6.60. The maximum Gasteiger partial charge on any atom is 0.0621 e. The van der Waals surface area contributed by atoms with Gasteiger partial charge in [0.2, 0.25) is 0 Å². The van der Waals surface area contributed by atoms with E-state index in [2.05, 4.69) is 73.3 Å². The van der Waals surface area contributed by atoms with Crippen LogP contribution >= 0.6 is 0 Å². The Bertz CT molecular complexity index is 651. The van der Waals surface area contributed by atoms with Crippen LogP contribution in [0.4, 0.5) is 0 Å². The Hall–Kier alpha value is -1.82. The number of rotatable bonds is 2. The van der Waals surface area contributed by atoms with Gasteiger partial charge in [-0.1, -0.05) is 0 Å². The highest BCUT2D eigenvalue weighted by Gasteiger charge is 2.20. The van der Waals surface area contributed by atoms with Gasteiger partial charge < -0.3 is 42.5 Å². The van der Waals surface area contributed by atoms with Crippen molar-refractivity contribution >= 4 is 12.4 Å². The summed E-state index contributed by atoms with van der Waals surface area (Å²) in [6.45, 7) is 16.8. The summed E-state index contributed by atoms with van der Waals surface area (Å²) in [7, 11) is 0. The van der Waals surface area contributed by atoms with Gasteiger partial charge >= 0.3 is 0 Å². The first-order chi connectivity index (χ1) is 17.7. The quantitative estimate of drug-likeness (QED) is 0.246. The van der Waals surface area contributed by atoms with E-state index in [0.29, 0.717) is 12.1 Å². The summed E-state index contributed by atoms with van der Waals surface area (Å²) in [5.74, 6) is 0. The molecule has 206 valence electrons. The van der Waals surface area contributed by atoms with Gasteiger partial charge in [-0.15, -0.1) is 0 Å². The molecule has 2 heterocycles. The molecule has 0 saturated carbocycles. The predicted molar refractivity (Wildman–Crippen MR) is 154 cm³/mol. The van der Waals surface area contributed by atoms with Crippen molar-refractivity contribution in [2.24, 2.45) is 9.98 Å². The van der Waals surface area contributed by atoms with E-state index in [4.69, 9.17) is 0 Å². The second-order valence-electron chi connectivity index (χ2n) is 9.62. The molecule has 10 nitrogen and oxygen atoms in total. The average Bonchev–Trinajstić information content (AvgIpc) is 2.87. The molecule has 0 radical (unpaired) electrons. The van der Waals surface area contributed by atoms with Crippen LogP contribution in [0, 0.1) is 0 Å². The van der Waals surface area contributed by atoms with E-state index < -0.39 is 0 Å². The summed E-state index contributed by atoms with van der Waals surface area (Å²) >= 11 is 0. The van der Waals surface area contributed by atoms with Crippen molar-refractivity contribution in [3.8, 4) is 0 Å². The Balaban J connectivity index is 1.99. The number of nitrogens with zero attached hydrogens (tertiary/aromatic N) is 2. The highest BCUT2D eigenvalue weighted by Crippen LogP contribution is 2.05. The first-order valence-corrected chi connectivity index (χ1v) is 13.8. The number of aliphatic imine (C=N–C) groups is 2. The lowest BCUT2D eigenvalue weighted by Crippen LogP contribution is -2.51. The van der Waals surface area contributed by atoms with Gasteiger partial charge in [-0.25, -0.2) is 0 Å². The topological polar surface area (TPSA) is 121 Å². The fourth-order valence-electron chi connectivity index (χ4n) is 4.10. The van der Waals surface area contributed by atoms with Crippen LogP contribution in [-0.2, 0) is 0 Å². The molecule has 0 bridgehead atoms. The van der Waals surface area contributed by atoms with E-state index in [0.717, 1.165) is 78.4 Å². The number of allylic oxidation sites excluding steroid dienone is 2. The summed E-state index contributed by atoms with van der Waals surface area (Å²) < 4.78 is 0. The predicted octanol–water partition coefficient (Wildman–Crippen LogP) is -0.808. The van der Waals surface area contributed by atoms with Crippen LogP contribution in [0.5, 0.6) is 0 Å². The SMILES string of the molecule is C[C@H]1/N=C/C=C\N[C@H](C)[C@@H](CC2C/N=C/C=C\NCCNCCNCCN2)NCCNCCN[C@@H]1C. The fraction of sp³-hybridized carbons (Fsp3) is 0.769. The van der Waals surface area contributed by atoms with Crippen molar-refractivity contribution < 1.29 is 0 Å². The monoisotopic (exact) mass is 504 g/mol. The maximum absolute atomic E-state index is 4.68. The van der Waals surface area contributed by atoms with E-state index in [9.17, 15) is 0 Å². The first-order valence-electron chi connectivity index (χ1n) is 13.8. The van der Waals surface area contributed by atoms with E-state index in [-0.39, 0.29) is 18.1 Å². The largest absolute Gasteiger partial charge is 0.390 e. The van der Waals surface area contributed by atoms with Crippen LogP contribution in [0.3, 0.4) is 0 Å². The Labute approximate surface area is 219 Å². The molecule has 0 amide bonds. The lowest BCUT2D eigenvalue weighted by atomic mass is 10.0. The second-order valence-corrected chi connectivity index (χ2v) is 9.62. The second kappa shape index (κ2) is 20.3. The van der Waals surface area contributed by atoms with Gasteiger partial charge in [0.05, 0.1) is 12.6 Å². The smallest absolute Gasteiger partial charge is 0.0621 e. The molecule has 0 aromatic rings. The van der Waals surface area contributed by atoms with Crippen molar-refractivity contribution in [1.82, 2.24) is 42.5 Å². The van der Waals surface area contributed by atoms with Crippen molar-refractivity contribution in [2.75, 3.05) is 72.0 Å². The van der Waals surface area contributed by atoms with Gasteiger partial charge in [-0.3, -0.25) is 9.98 Å². The zero-order valence-electron chi connectivity index (χ0n) is 22.7. The van der Waals surface area contributed by atoms with Crippen LogP contribution in [-0.4, -0.2) is 115 Å². The molecule has 0 saturated heterocycles. The van der Waals surface area contributed by atoms with Crippen molar-refractivity contribution in [3.63, 3.8) is 0 Å². The standard InChI is InChI=1S/C26H52N10/c1-22-23(2)34-17-14-30-16-19-36-26(24(3)33-9-5-8-32-22)20-25-21-31-7-4-6-27-10-11-28-12-13-29-15-18-35-25/h4-9,22-30,33-36H,10-21H2,1-3H3/b6-4-,9-5-,31-7+,32-8+/t22-,23-,24-,25?,26-/m1/s1. The van der Waals surface area contributed by atoms with Crippen LogP contribution in [0.2, 0.25) is 0 Å². The highest BCUT2D eigenvalue weighted by atomic mass is 15.1. The molecule has 0 fully saturated rings. The molecular weight excluding hydrogens is 452 g/mol. The van der Waals surface area contributed by atoms with E-state index in [1.54, 1.807) is 0 Å². The molecule has 0 aromatic carbocycles. The van der Waals surface area contributed by atoms with Gasteiger partial charge in [0.1, 0.15) is 0 Å².